The number of anilines is 1. The van der Waals surface area contributed by atoms with Crippen LogP contribution < -0.4 is 15.5 Å². The van der Waals surface area contributed by atoms with E-state index in [2.05, 4.69) is 58.1 Å². The number of allylic oxidation sites excluding steroid dienone is 4. The first-order valence-corrected chi connectivity index (χ1v) is 22.3. The van der Waals surface area contributed by atoms with Crippen molar-refractivity contribution in [2.75, 3.05) is 31.1 Å². The van der Waals surface area contributed by atoms with Crippen molar-refractivity contribution >= 4 is 57.0 Å². The maximum absolute atomic E-state index is 12.6. The second-order valence-corrected chi connectivity index (χ2v) is 18.1. The van der Waals surface area contributed by atoms with Gasteiger partial charge in [0.2, 0.25) is 17.5 Å². The van der Waals surface area contributed by atoms with Crippen LogP contribution in [0, 0.1) is 0 Å². The Kier molecular flexibility index (Phi) is 15.7. The first-order chi connectivity index (χ1) is 27.7. The molecule has 0 bridgehead atoms. The lowest BCUT2D eigenvalue weighted by molar-refractivity contribution is -0.438. The second kappa shape index (κ2) is 20.3. The number of fused-ring (bicyclic) bond motifs is 5. The minimum Gasteiger partial charge on any atom is -0.481 e. The first kappa shape index (κ1) is 45.0. The molecule has 5 N–H and O–H groups in total. The van der Waals surface area contributed by atoms with E-state index in [1.54, 1.807) is 12.1 Å². The molecule has 2 aromatic rings. The molecule has 1 atom stereocenters. The molecule has 3 aliphatic rings. The first-order valence-electron chi connectivity index (χ1n) is 20.1. The van der Waals surface area contributed by atoms with Crippen LogP contribution in [0.2, 0.25) is 0 Å². The van der Waals surface area contributed by atoms with Gasteiger partial charge >= 0.3 is 5.97 Å². The van der Waals surface area contributed by atoms with Gasteiger partial charge in [-0.2, -0.15) is 13.0 Å². The van der Waals surface area contributed by atoms with Gasteiger partial charge in [-0.1, -0.05) is 30.4 Å². The standard InChI is InChI=1S/C42H56N4O10S2/c1-41(2)32-28-30(57-56-55-51)19-21-34(32)45-26-11-5-8-17-39(48)44-25-24-43-38(47)16-7-4-10-23-42(3)33-29-31(58(52,53)54)20-22-35(33)46(27-12-6-9-18-40(49)50)37(42)15-13-14-36(41)45/h13-15,19-22,28-29H,4-12,16-18,23-27H2,1-3H3,(H4-,43,44,47,48,49,50,51,52,53,54)/p+1. The van der Waals surface area contributed by atoms with E-state index in [0.717, 1.165) is 83.0 Å². The summed E-state index contributed by atoms with van der Waals surface area (Å²) in [6.07, 6.45) is 14.2. The van der Waals surface area contributed by atoms with E-state index < -0.39 is 26.9 Å². The molecule has 1 unspecified atom stereocenters. The Balaban J connectivity index is 1.57. The molecule has 2 amide bonds. The summed E-state index contributed by atoms with van der Waals surface area (Å²) < 4.78 is 42.0. The van der Waals surface area contributed by atoms with E-state index in [-0.39, 0.29) is 23.1 Å². The summed E-state index contributed by atoms with van der Waals surface area (Å²) in [7, 11) is -4.49. The third-order valence-electron chi connectivity index (χ3n) is 11.4. The fourth-order valence-electron chi connectivity index (χ4n) is 8.40. The van der Waals surface area contributed by atoms with Crippen molar-refractivity contribution in [3.8, 4) is 0 Å². The van der Waals surface area contributed by atoms with E-state index in [0.29, 0.717) is 71.1 Å². The maximum atomic E-state index is 12.6. The highest BCUT2D eigenvalue weighted by atomic mass is 32.2. The van der Waals surface area contributed by atoms with Crippen LogP contribution in [0.4, 0.5) is 11.4 Å². The number of rotatable bonds is 10. The molecular formula is C42H57N4O10S2+. The zero-order valence-electron chi connectivity index (χ0n) is 33.6. The molecule has 0 fully saturated rings. The number of aliphatic carboxylic acids is 1. The van der Waals surface area contributed by atoms with Crippen LogP contribution in [-0.4, -0.2) is 77.6 Å². The lowest BCUT2D eigenvalue weighted by Gasteiger charge is -2.30. The summed E-state index contributed by atoms with van der Waals surface area (Å²) in [5, 5.41) is 27.6. The summed E-state index contributed by atoms with van der Waals surface area (Å²) in [6.45, 7) is 8.39. The highest BCUT2D eigenvalue weighted by Crippen LogP contribution is 2.52. The normalized spacial score (nSPS) is 21.9. The quantitative estimate of drug-likeness (QED) is 0.0399. The van der Waals surface area contributed by atoms with Crippen LogP contribution in [0.5, 0.6) is 0 Å². The summed E-state index contributed by atoms with van der Waals surface area (Å²) in [5.74, 6) is -0.953. The van der Waals surface area contributed by atoms with Gasteiger partial charge in [-0.25, -0.2) is 5.26 Å². The van der Waals surface area contributed by atoms with Crippen molar-refractivity contribution < 1.29 is 51.7 Å². The number of hydrogen-bond acceptors (Lipinski definition) is 10. The van der Waals surface area contributed by atoms with Gasteiger partial charge in [-0.15, -0.1) is 4.33 Å². The van der Waals surface area contributed by atoms with Crippen LogP contribution in [0.3, 0.4) is 0 Å². The third kappa shape index (κ3) is 11.2. The number of nitrogens with one attached hydrogen (secondary N) is 2. The van der Waals surface area contributed by atoms with Gasteiger partial charge in [-0.05, 0) is 101 Å². The number of hydrogen-bond donors (Lipinski definition) is 5. The highest BCUT2D eigenvalue weighted by molar-refractivity contribution is 7.94. The molecule has 3 heterocycles. The largest absolute Gasteiger partial charge is 0.481 e. The molecule has 0 saturated carbocycles. The molecular weight excluding hydrogens is 785 g/mol. The van der Waals surface area contributed by atoms with Crippen molar-refractivity contribution in [2.24, 2.45) is 0 Å². The Bertz CT molecular complexity index is 2030. The predicted molar refractivity (Wildman–Crippen MR) is 222 cm³/mol. The zero-order valence-corrected chi connectivity index (χ0v) is 35.3. The third-order valence-corrected chi connectivity index (χ3v) is 12.9. The van der Waals surface area contributed by atoms with Gasteiger partial charge in [0.15, 0.2) is 5.71 Å². The van der Waals surface area contributed by atoms with Gasteiger partial charge in [0, 0.05) is 84.7 Å². The minimum absolute atomic E-state index is 0.0405. The second-order valence-electron chi connectivity index (χ2n) is 15.9. The number of carboxylic acid groups (broad SMARTS) is 1. The average molecular weight is 842 g/mol. The molecule has 0 aromatic heterocycles. The SMILES string of the molecule is CC1(C)C2=[N+](CCCCCC(=O)NCCNC(=O)CCCCCC3(C)/C(=C/C=C2)N(CCCCCC(=O)O)c2ccc(S(=O)(=O)O)cc23)c2ccc(SOOO)cc21. The van der Waals surface area contributed by atoms with Crippen LogP contribution in [-0.2, 0) is 44.7 Å². The van der Waals surface area contributed by atoms with Crippen LogP contribution in [0.1, 0.15) is 115 Å². The van der Waals surface area contributed by atoms with Crippen LogP contribution in [0.15, 0.2) is 70.1 Å². The molecule has 16 heteroatoms. The van der Waals surface area contributed by atoms with Gasteiger partial charge < -0.3 is 20.6 Å². The lowest BCUT2D eigenvalue weighted by Crippen LogP contribution is -2.34. The number of nitrogens with zero attached hydrogens (tertiary/aromatic N) is 2. The molecule has 0 spiro atoms. The van der Waals surface area contributed by atoms with E-state index in [1.165, 1.54) is 6.07 Å². The smallest absolute Gasteiger partial charge is 0.303 e. The molecule has 0 saturated heterocycles. The Hall–Kier alpha value is -4.06. The summed E-state index contributed by atoms with van der Waals surface area (Å²) in [5.41, 5.74) is 4.61. The van der Waals surface area contributed by atoms with Crippen LogP contribution >= 0.6 is 12.0 Å². The number of carbonyl (C=O) groups is 3. The monoisotopic (exact) mass is 841 g/mol. The molecule has 0 aliphatic carbocycles. The van der Waals surface area contributed by atoms with Gasteiger partial charge in [0.25, 0.3) is 10.1 Å². The number of carbonyl (C=O) groups excluding carboxylic acids is 2. The Morgan fingerprint density at radius 1 is 0.914 bits per heavy atom. The number of unbranched alkanes of at least 4 members (excludes halogenated alkanes) is 2. The van der Waals surface area contributed by atoms with Crippen molar-refractivity contribution in [1.29, 1.82) is 0 Å². The zero-order chi connectivity index (χ0) is 41.9. The van der Waals surface area contributed by atoms with Gasteiger partial charge in [0.1, 0.15) is 6.54 Å². The summed E-state index contributed by atoms with van der Waals surface area (Å²) in [6, 6.07) is 10.7. The topological polar surface area (TPSA) is 195 Å². The number of amides is 2. The highest BCUT2D eigenvalue weighted by Gasteiger charge is 2.46. The fourth-order valence-corrected chi connectivity index (χ4v) is 9.31. The molecule has 0 radical (unpaired) electrons. The number of carboxylic acids is 1. The molecule has 2 aromatic carbocycles. The Morgan fingerprint density at radius 3 is 2.29 bits per heavy atom. The van der Waals surface area contributed by atoms with Crippen molar-refractivity contribution in [3.63, 3.8) is 0 Å². The molecule has 14 nitrogen and oxygen atoms in total. The van der Waals surface area contributed by atoms with E-state index in [4.69, 9.17) is 9.59 Å². The van der Waals surface area contributed by atoms with Crippen LogP contribution in [0.25, 0.3) is 0 Å². The van der Waals surface area contributed by atoms with Crippen molar-refractivity contribution in [2.45, 2.75) is 125 Å². The van der Waals surface area contributed by atoms with Crippen molar-refractivity contribution in [3.05, 3.63) is 71.5 Å². The van der Waals surface area contributed by atoms with E-state index in [9.17, 15) is 32.5 Å². The number of benzene rings is 2. The molecule has 5 rings (SSSR count). The maximum Gasteiger partial charge on any atom is 0.303 e. The molecule has 3 aliphatic heterocycles. The minimum atomic E-state index is -4.49. The van der Waals surface area contributed by atoms with E-state index >= 15 is 0 Å². The van der Waals surface area contributed by atoms with E-state index in [1.807, 2.05) is 24.3 Å². The van der Waals surface area contributed by atoms with Gasteiger partial charge in [0.05, 0.1) is 22.4 Å². The fraction of sp³-hybridized carbons (Fsp3) is 0.524. The Labute approximate surface area is 345 Å². The summed E-state index contributed by atoms with van der Waals surface area (Å²) in [4.78, 5) is 39.1. The van der Waals surface area contributed by atoms with Crippen molar-refractivity contribution in [1.82, 2.24) is 10.6 Å². The molecule has 58 heavy (non-hydrogen) atoms. The molecule has 316 valence electrons. The predicted octanol–water partition coefficient (Wildman–Crippen LogP) is 7.36. The Morgan fingerprint density at radius 2 is 1.62 bits per heavy atom. The van der Waals surface area contributed by atoms with Gasteiger partial charge in [-0.3, -0.25) is 18.9 Å². The average Bonchev–Trinajstić information content (AvgIpc) is 3.53. The summed E-state index contributed by atoms with van der Waals surface area (Å²) >= 11 is 0.903. The lowest BCUT2D eigenvalue weighted by atomic mass is 9.77.